The zero-order valence-electron chi connectivity index (χ0n) is 14.4. The van der Waals surface area contributed by atoms with Crippen molar-refractivity contribution >= 4 is 47.1 Å². The second-order valence-electron chi connectivity index (χ2n) is 5.33. The molecule has 0 aliphatic rings. The smallest absolute Gasteiger partial charge is 0.352 e. The van der Waals surface area contributed by atoms with Gasteiger partial charge in [0.15, 0.2) is 5.75 Å². The maximum Gasteiger partial charge on any atom is 0.352 e. The van der Waals surface area contributed by atoms with Gasteiger partial charge in [-0.3, -0.25) is 9.78 Å². The van der Waals surface area contributed by atoms with Crippen LogP contribution in [0.4, 0.5) is 0 Å². The van der Waals surface area contributed by atoms with Gasteiger partial charge in [0.1, 0.15) is 0 Å². The summed E-state index contributed by atoms with van der Waals surface area (Å²) in [5, 5.41) is 13.9. The monoisotopic (exact) mass is 372 g/mol. The minimum Gasteiger partial charge on any atom is -0.387 e. The van der Waals surface area contributed by atoms with Gasteiger partial charge >= 0.3 is 5.97 Å². The predicted octanol–water partition coefficient (Wildman–Crippen LogP) is 2.68. The Morgan fingerprint density at radius 1 is 1.24 bits per heavy atom. The molecule has 0 fully saturated rings. The van der Waals surface area contributed by atoms with Gasteiger partial charge in [0.2, 0.25) is 0 Å². The van der Waals surface area contributed by atoms with E-state index in [-0.39, 0.29) is 29.6 Å². The van der Waals surface area contributed by atoms with Gasteiger partial charge in [0.05, 0.1) is 6.10 Å². The zero-order valence-corrected chi connectivity index (χ0v) is 17.1. The van der Waals surface area contributed by atoms with Crippen molar-refractivity contribution in [3.8, 4) is 5.75 Å². The van der Waals surface area contributed by atoms with Crippen molar-refractivity contribution < 1.29 is 19.7 Å². The van der Waals surface area contributed by atoms with Crippen LogP contribution in [0.25, 0.3) is 0 Å². The number of aliphatic hydroxyl groups excluding tert-OH is 1. The minimum atomic E-state index is -0.594. The van der Waals surface area contributed by atoms with E-state index in [1.165, 1.54) is 6.92 Å². The van der Waals surface area contributed by atoms with Crippen LogP contribution in [0.15, 0.2) is 48.5 Å². The first-order chi connectivity index (χ1) is 11.5. The molecule has 2 rings (SSSR count). The van der Waals surface area contributed by atoms with Gasteiger partial charge in [-0.05, 0) is 48.4 Å². The summed E-state index contributed by atoms with van der Waals surface area (Å²) in [6.45, 7) is 2.45. The SMILES string of the molecule is CC(=O)OOc1ccc(CCNCC(O)c2cccc(Cl)c2)cc1.[Na]. The molecule has 1 atom stereocenters. The summed E-state index contributed by atoms with van der Waals surface area (Å²) in [7, 11) is 0. The van der Waals surface area contributed by atoms with Crippen LogP contribution < -0.4 is 10.2 Å². The Morgan fingerprint density at radius 2 is 1.96 bits per heavy atom. The van der Waals surface area contributed by atoms with Crippen molar-refractivity contribution in [2.75, 3.05) is 13.1 Å². The van der Waals surface area contributed by atoms with Crippen molar-refractivity contribution in [2.45, 2.75) is 19.4 Å². The number of halogens is 1. The molecule has 0 saturated carbocycles. The van der Waals surface area contributed by atoms with E-state index in [9.17, 15) is 9.90 Å². The second-order valence-corrected chi connectivity index (χ2v) is 5.76. The number of carbonyl (C=O) groups excluding carboxylic acids is 1. The van der Waals surface area contributed by atoms with E-state index in [1.54, 1.807) is 24.3 Å². The Kier molecular flexibility index (Phi) is 10.1. The van der Waals surface area contributed by atoms with Gasteiger partial charge < -0.3 is 10.4 Å². The van der Waals surface area contributed by atoms with E-state index < -0.39 is 12.1 Å². The third-order valence-corrected chi connectivity index (χ3v) is 3.58. The molecule has 0 aliphatic carbocycles. The van der Waals surface area contributed by atoms with Gasteiger partial charge in [-0.1, -0.05) is 35.9 Å². The molecule has 0 bridgehead atoms. The molecule has 1 unspecified atom stereocenters. The first-order valence-electron chi connectivity index (χ1n) is 7.63. The van der Waals surface area contributed by atoms with Crippen molar-refractivity contribution in [3.05, 3.63) is 64.7 Å². The second kappa shape index (κ2) is 11.5. The molecule has 0 amide bonds. The standard InChI is InChI=1S/C18H20ClNO4.Na/c1-13(21)23-24-17-7-5-14(6-8-17)9-10-20-12-18(22)15-3-2-4-16(19)11-15;/h2-8,11,18,20,22H,9-10,12H2,1H3;. The Bertz CT molecular complexity index is 666. The summed E-state index contributed by atoms with van der Waals surface area (Å²) >= 11 is 5.91. The van der Waals surface area contributed by atoms with Crippen LogP contribution in [0.5, 0.6) is 5.75 Å². The number of benzene rings is 2. The van der Waals surface area contributed by atoms with E-state index in [0.717, 1.165) is 24.1 Å². The van der Waals surface area contributed by atoms with Gasteiger partial charge in [0, 0.05) is 48.0 Å². The van der Waals surface area contributed by atoms with Crippen LogP contribution in [0.1, 0.15) is 24.2 Å². The maximum atomic E-state index is 10.7. The van der Waals surface area contributed by atoms with Crippen molar-refractivity contribution in [1.29, 1.82) is 0 Å². The van der Waals surface area contributed by atoms with Crippen molar-refractivity contribution in [3.63, 3.8) is 0 Å². The average molecular weight is 373 g/mol. The molecule has 2 N–H and O–H groups in total. The molecule has 5 nitrogen and oxygen atoms in total. The van der Waals surface area contributed by atoms with Crippen molar-refractivity contribution in [2.24, 2.45) is 0 Å². The number of aliphatic hydroxyl groups is 1. The molecule has 1 radical (unpaired) electrons. The van der Waals surface area contributed by atoms with Gasteiger partial charge in [-0.25, -0.2) is 4.79 Å². The number of nitrogens with one attached hydrogen (secondary N) is 1. The molecule has 0 aromatic heterocycles. The maximum absolute atomic E-state index is 10.7. The molecule has 25 heavy (non-hydrogen) atoms. The van der Waals surface area contributed by atoms with Gasteiger partial charge in [-0.2, -0.15) is 0 Å². The quantitative estimate of drug-likeness (QED) is 0.323. The number of carbonyl (C=O) groups is 1. The predicted molar refractivity (Wildman–Crippen MR) is 97.6 cm³/mol. The fourth-order valence-corrected chi connectivity index (χ4v) is 2.32. The molecule has 7 heteroatoms. The fraction of sp³-hybridized carbons (Fsp3) is 0.278. The summed E-state index contributed by atoms with van der Waals surface area (Å²) in [6.07, 6.45) is 0.207. The Balaban J connectivity index is 0.00000312. The first-order valence-corrected chi connectivity index (χ1v) is 8.00. The summed E-state index contributed by atoms with van der Waals surface area (Å²) in [5.74, 6) is -0.0279. The fourth-order valence-electron chi connectivity index (χ4n) is 2.12. The van der Waals surface area contributed by atoms with Crippen LogP contribution in [0, 0.1) is 0 Å². The molecular formula is C18H20ClNNaO4. The molecule has 2 aromatic rings. The normalized spacial score (nSPS) is 11.3. The summed E-state index contributed by atoms with van der Waals surface area (Å²) in [4.78, 5) is 19.9. The average Bonchev–Trinajstić information content (AvgIpc) is 2.57. The van der Waals surface area contributed by atoms with Crippen LogP contribution in [-0.2, 0) is 16.1 Å². The third-order valence-electron chi connectivity index (χ3n) is 3.34. The van der Waals surface area contributed by atoms with Crippen LogP contribution in [-0.4, -0.2) is 53.7 Å². The molecule has 0 aliphatic heterocycles. The Hall–Kier alpha value is -1.08. The first kappa shape index (κ1) is 22.0. The molecule has 0 heterocycles. The molecule has 2 aromatic carbocycles. The number of hydrogen-bond acceptors (Lipinski definition) is 5. The minimum absolute atomic E-state index is 0. The van der Waals surface area contributed by atoms with Gasteiger partial charge in [0.25, 0.3) is 0 Å². The summed E-state index contributed by atoms with van der Waals surface area (Å²) in [6, 6.07) is 14.5. The zero-order chi connectivity index (χ0) is 17.4. The molecular weight excluding hydrogens is 353 g/mol. The Morgan fingerprint density at radius 3 is 2.60 bits per heavy atom. The van der Waals surface area contributed by atoms with E-state index in [4.69, 9.17) is 16.5 Å². The van der Waals surface area contributed by atoms with E-state index in [1.807, 2.05) is 24.3 Å². The van der Waals surface area contributed by atoms with Crippen LogP contribution in [0.2, 0.25) is 5.02 Å². The third kappa shape index (κ3) is 8.23. The van der Waals surface area contributed by atoms with Crippen molar-refractivity contribution in [1.82, 2.24) is 5.32 Å². The van der Waals surface area contributed by atoms with E-state index in [2.05, 4.69) is 10.2 Å². The number of hydrogen-bond donors (Lipinski definition) is 2. The largest absolute Gasteiger partial charge is 0.387 e. The topological polar surface area (TPSA) is 67.8 Å². The molecule has 0 saturated heterocycles. The van der Waals surface area contributed by atoms with Crippen LogP contribution >= 0.6 is 11.6 Å². The summed E-state index contributed by atoms with van der Waals surface area (Å²) in [5.41, 5.74) is 1.90. The summed E-state index contributed by atoms with van der Waals surface area (Å²) < 4.78 is 0. The molecule has 0 spiro atoms. The number of rotatable bonds is 8. The van der Waals surface area contributed by atoms with Crippen LogP contribution in [0.3, 0.4) is 0 Å². The molecule has 129 valence electrons. The van der Waals surface area contributed by atoms with Gasteiger partial charge in [-0.15, -0.1) is 0 Å². The van der Waals surface area contributed by atoms with E-state index >= 15 is 0 Å². The van der Waals surface area contributed by atoms with E-state index in [0.29, 0.717) is 17.3 Å². The Labute approximate surface area is 174 Å².